The van der Waals surface area contributed by atoms with Crippen LogP contribution < -0.4 is 4.74 Å². The maximum absolute atomic E-state index is 5.88. The minimum atomic E-state index is 0. The molecule has 0 spiro atoms. The van der Waals surface area contributed by atoms with Crippen LogP contribution in [0, 0.1) is 13.0 Å². The van der Waals surface area contributed by atoms with Crippen molar-refractivity contribution in [3.8, 4) is 17.2 Å². The molecule has 0 saturated carbocycles. The first-order valence-electron chi connectivity index (χ1n) is 6.09. The quantitative estimate of drug-likeness (QED) is 0.579. The van der Waals surface area contributed by atoms with Crippen LogP contribution in [-0.2, 0) is 20.1 Å². The van der Waals surface area contributed by atoms with Crippen LogP contribution in [0.15, 0.2) is 60.8 Å². The van der Waals surface area contributed by atoms with Gasteiger partial charge in [0.1, 0.15) is 5.75 Å². The molecule has 0 N–H and O–H groups in total. The van der Waals surface area contributed by atoms with E-state index in [0.29, 0.717) is 0 Å². The van der Waals surface area contributed by atoms with Crippen LogP contribution in [0.2, 0.25) is 0 Å². The van der Waals surface area contributed by atoms with Crippen LogP contribution in [-0.4, -0.2) is 9.78 Å². The minimum absolute atomic E-state index is 0. The Balaban J connectivity index is 0.00000147. The summed E-state index contributed by atoms with van der Waals surface area (Å²) in [6.07, 6.45) is 1.90. The molecule has 0 amide bonds. The molecule has 1 heterocycles. The molecule has 3 nitrogen and oxygen atoms in total. The Kier molecular flexibility index (Phi) is 4.72. The summed E-state index contributed by atoms with van der Waals surface area (Å²) >= 11 is 0. The second kappa shape index (κ2) is 6.51. The van der Waals surface area contributed by atoms with Gasteiger partial charge in [0.15, 0.2) is 0 Å². The zero-order valence-corrected chi connectivity index (χ0v) is 13.3. The van der Waals surface area contributed by atoms with Gasteiger partial charge in [-0.1, -0.05) is 18.2 Å². The van der Waals surface area contributed by atoms with E-state index in [0.717, 1.165) is 22.9 Å². The van der Waals surface area contributed by atoms with Crippen molar-refractivity contribution in [2.45, 2.75) is 6.92 Å². The molecular formula is C16H13IrN2O-. The third-order valence-corrected chi connectivity index (χ3v) is 2.72. The maximum Gasteiger partial charge on any atom is 0.110 e. The van der Waals surface area contributed by atoms with Gasteiger partial charge in [0, 0.05) is 32.1 Å². The summed E-state index contributed by atoms with van der Waals surface area (Å²) in [5.41, 5.74) is 1.77. The molecule has 0 atom stereocenters. The molecular weight excluding hydrogens is 428 g/mol. The van der Waals surface area contributed by atoms with Gasteiger partial charge >= 0.3 is 0 Å². The van der Waals surface area contributed by atoms with Crippen LogP contribution in [0.25, 0.3) is 5.69 Å². The van der Waals surface area contributed by atoms with Crippen LogP contribution in [0.5, 0.6) is 11.5 Å². The second-order valence-electron chi connectivity index (χ2n) is 4.20. The fraction of sp³-hybridized carbons (Fsp3) is 0.0625. The first-order valence-corrected chi connectivity index (χ1v) is 6.09. The van der Waals surface area contributed by atoms with Gasteiger partial charge in [0.2, 0.25) is 0 Å². The molecule has 0 aliphatic rings. The van der Waals surface area contributed by atoms with Gasteiger partial charge in [-0.25, -0.2) is 0 Å². The number of aromatic nitrogens is 2. The van der Waals surface area contributed by atoms with Gasteiger partial charge in [-0.2, -0.15) is 23.3 Å². The monoisotopic (exact) mass is 442 g/mol. The van der Waals surface area contributed by atoms with Crippen molar-refractivity contribution in [3.63, 3.8) is 0 Å². The normalized spacial score (nSPS) is 9.85. The molecule has 2 aromatic carbocycles. The summed E-state index contributed by atoms with van der Waals surface area (Å²) in [4.78, 5) is 0. The predicted molar refractivity (Wildman–Crippen MR) is 73.7 cm³/mol. The Labute approximate surface area is 131 Å². The van der Waals surface area contributed by atoms with Crippen molar-refractivity contribution in [3.05, 3.63) is 72.6 Å². The fourth-order valence-corrected chi connectivity index (χ4v) is 1.83. The molecule has 103 valence electrons. The second-order valence-corrected chi connectivity index (χ2v) is 4.20. The van der Waals surface area contributed by atoms with E-state index in [9.17, 15) is 0 Å². The van der Waals surface area contributed by atoms with Gasteiger partial charge in [-0.05, 0) is 30.8 Å². The number of rotatable bonds is 3. The summed E-state index contributed by atoms with van der Waals surface area (Å²) in [5, 5.41) is 4.39. The third kappa shape index (κ3) is 3.16. The molecule has 3 rings (SSSR count). The van der Waals surface area contributed by atoms with E-state index in [1.54, 1.807) is 4.68 Å². The molecule has 0 aliphatic carbocycles. The first-order chi connectivity index (χ1) is 9.33. The predicted octanol–water partition coefficient (Wildman–Crippen LogP) is 3.77. The molecule has 0 unspecified atom stereocenters. The van der Waals surface area contributed by atoms with Crippen molar-refractivity contribution >= 4 is 0 Å². The Morgan fingerprint density at radius 3 is 2.55 bits per heavy atom. The Morgan fingerprint density at radius 2 is 1.85 bits per heavy atom. The average Bonchev–Trinajstić information content (AvgIpc) is 2.87. The van der Waals surface area contributed by atoms with Gasteiger partial charge in [-0.3, -0.25) is 4.68 Å². The molecule has 20 heavy (non-hydrogen) atoms. The van der Waals surface area contributed by atoms with Crippen molar-refractivity contribution < 1.29 is 24.8 Å². The summed E-state index contributed by atoms with van der Waals surface area (Å²) in [5.74, 6) is 1.53. The SMILES string of the molecule is Cc1ccn(-c2[c-]cccc2Oc2ccccc2)n1.[Ir]. The maximum atomic E-state index is 5.88. The summed E-state index contributed by atoms with van der Waals surface area (Å²) in [6.45, 7) is 1.96. The number of nitrogens with zero attached hydrogens (tertiary/aromatic N) is 2. The van der Waals surface area contributed by atoms with Gasteiger partial charge in [0.25, 0.3) is 0 Å². The molecule has 0 fully saturated rings. The van der Waals surface area contributed by atoms with Crippen LogP contribution in [0.3, 0.4) is 0 Å². The first kappa shape index (κ1) is 14.5. The molecule has 0 aliphatic heterocycles. The van der Waals surface area contributed by atoms with E-state index in [-0.39, 0.29) is 20.1 Å². The third-order valence-electron chi connectivity index (χ3n) is 2.72. The zero-order chi connectivity index (χ0) is 13.1. The van der Waals surface area contributed by atoms with E-state index in [1.807, 2.05) is 67.7 Å². The number of benzene rings is 2. The minimum Gasteiger partial charge on any atom is -0.515 e. The smallest absolute Gasteiger partial charge is 0.110 e. The van der Waals surface area contributed by atoms with E-state index >= 15 is 0 Å². The van der Waals surface area contributed by atoms with E-state index in [1.165, 1.54) is 0 Å². The van der Waals surface area contributed by atoms with E-state index in [2.05, 4.69) is 11.2 Å². The molecule has 4 heteroatoms. The summed E-state index contributed by atoms with van der Waals surface area (Å²) < 4.78 is 7.65. The number of aryl methyl sites for hydroxylation is 1. The number of ether oxygens (including phenoxy) is 1. The van der Waals surface area contributed by atoms with Crippen LogP contribution in [0.1, 0.15) is 5.69 Å². The summed E-state index contributed by atoms with van der Waals surface area (Å²) in [7, 11) is 0. The zero-order valence-electron chi connectivity index (χ0n) is 10.9. The van der Waals surface area contributed by atoms with Crippen molar-refractivity contribution in [1.82, 2.24) is 9.78 Å². The average molecular weight is 442 g/mol. The molecule has 0 saturated heterocycles. The van der Waals surface area contributed by atoms with Gasteiger partial charge < -0.3 is 4.74 Å². The molecule has 1 radical (unpaired) electrons. The Morgan fingerprint density at radius 1 is 1.05 bits per heavy atom. The number of hydrogen-bond acceptors (Lipinski definition) is 2. The number of para-hydroxylation sites is 2. The van der Waals surface area contributed by atoms with Crippen molar-refractivity contribution in [2.24, 2.45) is 0 Å². The fourth-order valence-electron chi connectivity index (χ4n) is 1.83. The summed E-state index contributed by atoms with van der Waals surface area (Å²) in [6, 6.07) is 20.5. The van der Waals surface area contributed by atoms with E-state index < -0.39 is 0 Å². The van der Waals surface area contributed by atoms with Gasteiger partial charge in [0.05, 0.1) is 5.69 Å². The topological polar surface area (TPSA) is 27.1 Å². The Bertz CT molecular complexity index is 680. The molecule has 1 aromatic heterocycles. The largest absolute Gasteiger partial charge is 0.515 e. The molecule has 0 bridgehead atoms. The van der Waals surface area contributed by atoms with Crippen molar-refractivity contribution in [2.75, 3.05) is 0 Å². The standard InChI is InChI=1S/C16H13N2O.Ir/c1-13-11-12-18(17-13)15-9-5-6-10-16(15)19-14-7-3-2-4-8-14;/h2-8,10-12H,1H3;/q-1;. The van der Waals surface area contributed by atoms with E-state index in [4.69, 9.17) is 4.74 Å². The number of hydrogen-bond donors (Lipinski definition) is 0. The van der Waals surface area contributed by atoms with Crippen LogP contribution in [0.4, 0.5) is 0 Å². The van der Waals surface area contributed by atoms with Crippen molar-refractivity contribution in [1.29, 1.82) is 0 Å². The Hall–Kier alpha value is -1.90. The molecule has 3 aromatic rings. The van der Waals surface area contributed by atoms with Gasteiger partial charge in [-0.15, -0.1) is 6.07 Å². The van der Waals surface area contributed by atoms with Crippen LogP contribution >= 0.6 is 0 Å².